The van der Waals surface area contributed by atoms with Crippen molar-refractivity contribution in [2.75, 3.05) is 19.6 Å². The number of nitrogens with zero attached hydrogens (tertiary/aromatic N) is 1. The monoisotopic (exact) mass is 394 g/mol. The molecule has 3 N–H and O–H groups in total. The fourth-order valence-electron chi connectivity index (χ4n) is 3.17. The lowest BCUT2D eigenvalue weighted by atomic mass is 9.90. The van der Waals surface area contributed by atoms with Gasteiger partial charge in [-0.05, 0) is 36.2 Å². The van der Waals surface area contributed by atoms with Crippen LogP contribution in [0.5, 0.6) is 0 Å². The maximum Gasteiger partial charge on any atom is 0.243 e. The Labute approximate surface area is 158 Å². The average molecular weight is 394 g/mol. The van der Waals surface area contributed by atoms with Crippen LogP contribution in [0.3, 0.4) is 0 Å². The van der Waals surface area contributed by atoms with Crippen LogP contribution in [0, 0.1) is 5.82 Å². The summed E-state index contributed by atoms with van der Waals surface area (Å²) < 4.78 is 39.7. The maximum atomic E-state index is 13.0. The summed E-state index contributed by atoms with van der Waals surface area (Å²) in [5.74, 6) is -0.332. The highest BCUT2D eigenvalue weighted by Gasteiger charge is 2.44. The van der Waals surface area contributed by atoms with Gasteiger partial charge in [-0.3, -0.25) is 0 Å². The highest BCUT2D eigenvalue weighted by molar-refractivity contribution is 7.89. The van der Waals surface area contributed by atoms with Crippen molar-refractivity contribution >= 4 is 10.0 Å². The fraction of sp³-hybridized carbons (Fsp3) is 0.368. The first kappa shape index (κ1) is 19.9. The third-order valence-corrected chi connectivity index (χ3v) is 6.64. The van der Waals surface area contributed by atoms with Gasteiger partial charge in [0.2, 0.25) is 10.0 Å². The Morgan fingerprint density at radius 3 is 2.48 bits per heavy atom. The third kappa shape index (κ3) is 4.53. The minimum absolute atomic E-state index is 0.00630. The first-order chi connectivity index (χ1) is 12.8. The van der Waals surface area contributed by atoms with Crippen LogP contribution in [0.15, 0.2) is 59.5 Å². The Morgan fingerprint density at radius 2 is 1.81 bits per heavy atom. The number of hydrogen-bond acceptors (Lipinski definition) is 5. The largest absolute Gasteiger partial charge is 0.390 e. The molecular weight excluding hydrogens is 371 g/mol. The second-order valence-electron chi connectivity index (χ2n) is 6.79. The lowest BCUT2D eigenvalue weighted by Gasteiger charge is -2.42. The SMILES string of the molecule is O=S(=O)(c1ccccc1)N1CC[C@H](O)[C@@](O)(CNCc2ccc(F)cc2)C1. The first-order valence-corrected chi connectivity index (χ1v) is 10.2. The molecule has 1 aliphatic heterocycles. The van der Waals surface area contributed by atoms with Crippen molar-refractivity contribution in [1.29, 1.82) is 0 Å². The van der Waals surface area contributed by atoms with Crippen molar-refractivity contribution < 1.29 is 23.0 Å². The van der Waals surface area contributed by atoms with E-state index < -0.39 is 21.7 Å². The second kappa shape index (κ2) is 8.04. The number of aliphatic hydroxyl groups excluding tert-OH is 1. The Kier molecular flexibility index (Phi) is 5.92. The van der Waals surface area contributed by atoms with Gasteiger partial charge in [-0.2, -0.15) is 4.31 Å². The molecule has 1 aliphatic rings. The van der Waals surface area contributed by atoms with E-state index in [2.05, 4.69) is 5.32 Å². The molecule has 0 bridgehead atoms. The van der Waals surface area contributed by atoms with Crippen molar-refractivity contribution in [2.45, 2.75) is 29.6 Å². The summed E-state index contributed by atoms with van der Waals surface area (Å²) in [4.78, 5) is 0.156. The molecule has 0 aliphatic carbocycles. The Balaban J connectivity index is 1.67. The molecule has 2 atom stereocenters. The van der Waals surface area contributed by atoms with E-state index in [1.54, 1.807) is 30.3 Å². The molecule has 146 valence electrons. The van der Waals surface area contributed by atoms with Crippen molar-refractivity contribution in [1.82, 2.24) is 9.62 Å². The number of β-amino-alcohol motifs (C(OH)–C–C–N with tert-alkyl or cyclic N) is 1. The van der Waals surface area contributed by atoms with Crippen LogP contribution in [0.4, 0.5) is 4.39 Å². The van der Waals surface area contributed by atoms with Crippen LogP contribution in [-0.4, -0.2) is 54.3 Å². The number of benzene rings is 2. The molecule has 1 saturated heterocycles. The number of sulfonamides is 1. The molecule has 0 aromatic heterocycles. The van der Waals surface area contributed by atoms with Gasteiger partial charge in [-0.1, -0.05) is 30.3 Å². The zero-order chi connectivity index (χ0) is 19.5. The maximum absolute atomic E-state index is 13.0. The minimum Gasteiger partial charge on any atom is -0.390 e. The summed E-state index contributed by atoms with van der Waals surface area (Å²) in [6, 6.07) is 14.0. The second-order valence-corrected chi connectivity index (χ2v) is 8.73. The van der Waals surface area contributed by atoms with Gasteiger partial charge in [-0.25, -0.2) is 12.8 Å². The average Bonchev–Trinajstić information content (AvgIpc) is 2.66. The number of rotatable bonds is 6. The van der Waals surface area contributed by atoms with Crippen molar-refractivity contribution in [3.8, 4) is 0 Å². The van der Waals surface area contributed by atoms with Crippen LogP contribution in [-0.2, 0) is 16.6 Å². The molecule has 2 aromatic carbocycles. The molecule has 2 aromatic rings. The molecule has 0 amide bonds. The third-order valence-electron chi connectivity index (χ3n) is 4.78. The van der Waals surface area contributed by atoms with Crippen LogP contribution in [0.1, 0.15) is 12.0 Å². The van der Waals surface area contributed by atoms with Crippen molar-refractivity contribution in [2.24, 2.45) is 0 Å². The van der Waals surface area contributed by atoms with E-state index in [-0.39, 0.29) is 36.8 Å². The zero-order valence-corrected chi connectivity index (χ0v) is 15.6. The van der Waals surface area contributed by atoms with E-state index in [9.17, 15) is 23.0 Å². The van der Waals surface area contributed by atoms with Gasteiger partial charge in [0.1, 0.15) is 11.4 Å². The van der Waals surface area contributed by atoms with Crippen LogP contribution >= 0.6 is 0 Å². The van der Waals surface area contributed by atoms with E-state index in [1.165, 1.54) is 28.6 Å². The molecule has 0 unspecified atom stereocenters. The van der Waals surface area contributed by atoms with Crippen molar-refractivity contribution in [3.63, 3.8) is 0 Å². The van der Waals surface area contributed by atoms with Gasteiger partial charge in [0, 0.05) is 26.2 Å². The Morgan fingerprint density at radius 1 is 1.15 bits per heavy atom. The highest BCUT2D eigenvalue weighted by atomic mass is 32.2. The zero-order valence-electron chi connectivity index (χ0n) is 14.8. The van der Waals surface area contributed by atoms with Gasteiger partial charge in [0.25, 0.3) is 0 Å². The van der Waals surface area contributed by atoms with E-state index in [0.717, 1.165) is 5.56 Å². The normalized spacial score (nSPS) is 24.0. The fourth-order valence-corrected chi connectivity index (χ4v) is 4.71. The molecule has 1 heterocycles. The van der Waals surface area contributed by atoms with Gasteiger partial charge in [0.05, 0.1) is 11.0 Å². The van der Waals surface area contributed by atoms with E-state index in [4.69, 9.17) is 0 Å². The van der Waals surface area contributed by atoms with Crippen molar-refractivity contribution in [3.05, 3.63) is 66.0 Å². The first-order valence-electron chi connectivity index (χ1n) is 8.72. The predicted molar refractivity (Wildman–Crippen MR) is 98.9 cm³/mol. The van der Waals surface area contributed by atoms with E-state index in [0.29, 0.717) is 6.54 Å². The minimum atomic E-state index is -3.75. The van der Waals surface area contributed by atoms with Gasteiger partial charge < -0.3 is 15.5 Å². The number of piperidine rings is 1. The molecule has 3 rings (SSSR count). The molecular formula is C19H23FN2O4S. The number of halogens is 1. The lowest BCUT2D eigenvalue weighted by molar-refractivity contribution is -0.104. The molecule has 1 fully saturated rings. The number of nitrogens with one attached hydrogen (secondary N) is 1. The van der Waals surface area contributed by atoms with E-state index >= 15 is 0 Å². The Bertz CT molecular complexity index is 861. The smallest absolute Gasteiger partial charge is 0.243 e. The summed E-state index contributed by atoms with van der Waals surface area (Å²) in [6.07, 6.45) is -0.902. The Hall–Kier alpha value is -1.84. The van der Waals surface area contributed by atoms with Crippen LogP contribution in [0.2, 0.25) is 0 Å². The lowest BCUT2D eigenvalue weighted by Crippen LogP contribution is -2.62. The van der Waals surface area contributed by atoms with Crippen LogP contribution < -0.4 is 5.32 Å². The quantitative estimate of drug-likeness (QED) is 0.683. The van der Waals surface area contributed by atoms with Crippen LogP contribution in [0.25, 0.3) is 0 Å². The standard InChI is InChI=1S/C19H23FN2O4S/c20-16-8-6-15(7-9-16)12-21-13-19(24)14-22(11-10-18(19)23)27(25,26)17-4-2-1-3-5-17/h1-9,18,21,23-24H,10-14H2/t18-,19+/m0/s1. The topological polar surface area (TPSA) is 89.9 Å². The summed E-state index contributed by atoms with van der Waals surface area (Å²) >= 11 is 0. The molecule has 6 nitrogen and oxygen atoms in total. The summed E-state index contributed by atoms with van der Waals surface area (Å²) in [5.41, 5.74) is -0.792. The molecule has 0 radical (unpaired) electrons. The summed E-state index contributed by atoms with van der Waals surface area (Å²) in [7, 11) is -3.75. The molecule has 0 spiro atoms. The summed E-state index contributed by atoms with van der Waals surface area (Å²) in [6.45, 7) is 0.299. The molecule has 0 saturated carbocycles. The van der Waals surface area contributed by atoms with Gasteiger partial charge >= 0.3 is 0 Å². The van der Waals surface area contributed by atoms with Gasteiger partial charge in [-0.15, -0.1) is 0 Å². The summed E-state index contributed by atoms with van der Waals surface area (Å²) in [5, 5.41) is 24.1. The molecule has 27 heavy (non-hydrogen) atoms. The van der Waals surface area contributed by atoms with E-state index in [1.807, 2.05) is 0 Å². The molecule has 8 heteroatoms. The number of hydrogen-bond donors (Lipinski definition) is 3. The number of aliphatic hydroxyl groups is 2. The van der Waals surface area contributed by atoms with Gasteiger partial charge in [0.15, 0.2) is 0 Å². The predicted octanol–water partition coefficient (Wildman–Crippen LogP) is 1.10. The highest BCUT2D eigenvalue weighted by Crippen LogP contribution is 2.26.